The van der Waals surface area contributed by atoms with Crippen molar-refractivity contribution >= 4 is 33.4 Å². The van der Waals surface area contributed by atoms with Crippen molar-refractivity contribution in [2.24, 2.45) is 0 Å². The summed E-state index contributed by atoms with van der Waals surface area (Å²) < 4.78 is 39.3. The quantitative estimate of drug-likeness (QED) is 0.485. The number of halogens is 2. The van der Waals surface area contributed by atoms with E-state index in [-0.39, 0.29) is 11.1 Å². The molecule has 0 aromatic heterocycles. The molecule has 0 saturated heterocycles. The van der Waals surface area contributed by atoms with Crippen molar-refractivity contribution in [2.45, 2.75) is 44.1 Å². The van der Waals surface area contributed by atoms with E-state index in [1.165, 1.54) is 6.07 Å². The average Bonchev–Trinajstić information content (AvgIpc) is 2.54. The zero-order chi connectivity index (χ0) is 18.7. The van der Waals surface area contributed by atoms with Gasteiger partial charge in [-0.15, -0.1) is 0 Å². The molecule has 0 aliphatic rings. The maximum atomic E-state index is 13.6. The summed E-state index contributed by atoms with van der Waals surface area (Å²) in [5, 5.41) is 3.44. The number of thioether (sulfide) groups is 1. The van der Waals surface area contributed by atoms with Gasteiger partial charge in [0.2, 0.25) is 10.0 Å². The highest BCUT2D eigenvalue weighted by molar-refractivity contribution is 7.98. The van der Waals surface area contributed by atoms with Gasteiger partial charge in [0, 0.05) is 35.2 Å². The maximum Gasteiger partial charge on any atom is 0.213 e. The second kappa shape index (κ2) is 12.1. The van der Waals surface area contributed by atoms with Crippen LogP contribution in [0.4, 0.5) is 4.39 Å². The highest BCUT2D eigenvalue weighted by atomic mass is 35.5. The number of nitrogens with one attached hydrogen (secondary N) is 2. The predicted molar refractivity (Wildman–Crippen MR) is 106 cm³/mol. The molecule has 0 fully saturated rings. The first kappa shape index (κ1) is 22.7. The van der Waals surface area contributed by atoms with E-state index in [4.69, 9.17) is 11.6 Å². The smallest absolute Gasteiger partial charge is 0.213 e. The van der Waals surface area contributed by atoms with E-state index in [9.17, 15) is 12.8 Å². The molecule has 8 heteroatoms. The molecule has 0 aliphatic heterocycles. The van der Waals surface area contributed by atoms with Crippen molar-refractivity contribution < 1.29 is 12.8 Å². The highest BCUT2D eigenvalue weighted by Gasteiger charge is 2.13. The first-order valence-corrected chi connectivity index (χ1v) is 11.6. The Morgan fingerprint density at radius 3 is 2.56 bits per heavy atom. The van der Waals surface area contributed by atoms with Gasteiger partial charge in [-0.2, -0.15) is 11.8 Å². The lowest BCUT2D eigenvalue weighted by molar-refractivity contribution is 0.562. The van der Waals surface area contributed by atoms with Gasteiger partial charge in [0.15, 0.2) is 0 Å². The van der Waals surface area contributed by atoms with Crippen LogP contribution in [0, 0.1) is 5.82 Å². The summed E-state index contributed by atoms with van der Waals surface area (Å²) in [6.07, 6.45) is 2.83. The highest BCUT2D eigenvalue weighted by Crippen LogP contribution is 2.23. The first-order valence-electron chi connectivity index (χ1n) is 8.54. The van der Waals surface area contributed by atoms with Crippen LogP contribution in [0.1, 0.15) is 38.7 Å². The van der Waals surface area contributed by atoms with E-state index in [1.54, 1.807) is 37.7 Å². The minimum atomic E-state index is -3.14. The topological polar surface area (TPSA) is 58.2 Å². The van der Waals surface area contributed by atoms with Gasteiger partial charge in [0.25, 0.3) is 0 Å². The SMILES string of the molecule is CC(C)S(=O)(=O)NCCCCCNCCSCc1c(F)cccc1Cl. The fourth-order valence-electron chi connectivity index (χ4n) is 2.05. The molecule has 0 bridgehead atoms. The van der Waals surface area contributed by atoms with Gasteiger partial charge in [-0.05, 0) is 45.4 Å². The van der Waals surface area contributed by atoms with E-state index in [0.717, 1.165) is 38.1 Å². The van der Waals surface area contributed by atoms with Crippen LogP contribution in [-0.2, 0) is 15.8 Å². The van der Waals surface area contributed by atoms with Crippen LogP contribution in [-0.4, -0.2) is 39.1 Å². The zero-order valence-electron chi connectivity index (χ0n) is 14.9. The largest absolute Gasteiger partial charge is 0.316 e. The van der Waals surface area contributed by atoms with Crippen LogP contribution in [0.3, 0.4) is 0 Å². The molecule has 0 aliphatic carbocycles. The molecule has 0 heterocycles. The van der Waals surface area contributed by atoms with E-state index < -0.39 is 10.0 Å². The fraction of sp³-hybridized carbons (Fsp3) is 0.647. The van der Waals surface area contributed by atoms with Gasteiger partial charge in [0.1, 0.15) is 5.82 Å². The molecule has 0 unspecified atom stereocenters. The number of sulfonamides is 1. The third kappa shape index (κ3) is 9.24. The molecule has 2 N–H and O–H groups in total. The van der Waals surface area contributed by atoms with Crippen LogP contribution in [0.5, 0.6) is 0 Å². The Labute approximate surface area is 160 Å². The van der Waals surface area contributed by atoms with Crippen LogP contribution in [0.2, 0.25) is 5.02 Å². The Hall–Kier alpha value is -0.340. The Kier molecular flexibility index (Phi) is 11.0. The fourth-order valence-corrected chi connectivity index (χ4v) is 4.05. The number of rotatable bonds is 13. The van der Waals surface area contributed by atoms with Crippen LogP contribution in [0.15, 0.2) is 18.2 Å². The summed E-state index contributed by atoms with van der Waals surface area (Å²) in [6, 6.07) is 4.75. The van der Waals surface area contributed by atoms with Crippen molar-refractivity contribution in [2.75, 3.05) is 25.4 Å². The lowest BCUT2D eigenvalue weighted by Crippen LogP contribution is -2.31. The van der Waals surface area contributed by atoms with Gasteiger partial charge in [-0.1, -0.05) is 24.1 Å². The Morgan fingerprint density at radius 2 is 1.88 bits per heavy atom. The molecule has 0 saturated carbocycles. The molecule has 0 atom stereocenters. The van der Waals surface area contributed by atoms with Gasteiger partial charge in [-0.3, -0.25) is 0 Å². The van der Waals surface area contributed by atoms with Crippen molar-refractivity contribution in [1.82, 2.24) is 10.0 Å². The minimum Gasteiger partial charge on any atom is -0.316 e. The molecule has 0 radical (unpaired) electrons. The first-order chi connectivity index (χ1) is 11.8. The van der Waals surface area contributed by atoms with Gasteiger partial charge >= 0.3 is 0 Å². The van der Waals surface area contributed by atoms with Crippen LogP contribution < -0.4 is 10.0 Å². The Bertz CT molecular complexity index is 592. The number of unbranched alkanes of at least 4 members (excludes halogenated alkanes) is 2. The van der Waals surface area contributed by atoms with Crippen molar-refractivity contribution in [3.63, 3.8) is 0 Å². The summed E-state index contributed by atoms with van der Waals surface area (Å²) in [7, 11) is -3.14. The normalized spacial score (nSPS) is 12.0. The van der Waals surface area contributed by atoms with Crippen molar-refractivity contribution in [1.29, 1.82) is 0 Å². The third-order valence-electron chi connectivity index (χ3n) is 3.69. The Balaban J connectivity index is 1.97. The third-order valence-corrected chi connectivity index (χ3v) is 6.87. The Morgan fingerprint density at radius 1 is 1.16 bits per heavy atom. The van der Waals surface area contributed by atoms with E-state index >= 15 is 0 Å². The van der Waals surface area contributed by atoms with E-state index in [2.05, 4.69) is 10.0 Å². The molecule has 1 rings (SSSR count). The second-order valence-electron chi connectivity index (χ2n) is 6.05. The molecule has 0 amide bonds. The monoisotopic (exact) mass is 410 g/mol. The zero-order valence-corrected chi connectivity index (χ0v) is 17.2. The van der Waals surface area contributed by atoms with Crippen molar-refractivity contribution in [3.8, 4) is 0 Å². The minimum absolute atomic E-state index is 0.249. The lowest BCUT2D eigenvalue weighted by Gasteiger charge is -2.09. The molecule has 25 heavy (non-hydrogen) atoms. The molecule has 1 aromatic rings. The summed E-state index contributed by atoms with van der Waals surface area (Å²) in [6.45, 7) is 5.60. The molecule has 144 valence electrons. The van der Waals surface area contributed by atoms with E-state index in [1.807, 2.05) is 0 Å². The second-order valence-corrected chi connectivity index (χ2v) is 9.89. The van der Waals surface area contributed by atoms with Gasteiger partial charge in [-0.25, -0.2) is 17.5 Å². The molecule has 1 aromatic carbocycles. The number of hydrogen-bond acceptors (Lipinski definition) is 4. The standard InChI is InChI=1S/C17H28ClFN2O2S2/c1-14(2)25(22,23)21-10-5-3-4-9-20-11-12-24-13-15-16(18)7-6-8-17(15)19/h6-8,14,20-21H,3-5,9-13H2,1-2H3. The molecular weight excluding hydrogens is 383 g/mol. The van der Waals surface area contributed by atoms with Crippen molar-refractivity contribution in [3.05, 3.63) is 34.6 Å². The summed E-state index contributed by atoms with van der Waals surface area (Å²) in [5.74, 6) is 1.21. The molecule has 4 nitrogen and oxygen atoms in total. The molecule has 0 spiro atoms. The van der Waals surface area contributed by atoms with Gasteiger partial charge < -0.3 is 5.32 Å². The molecular formula is C17H28ClFN2O2S2. The maximum absolute atomic E-state index is 13.6. The summed E-state index contributed by atoms with van der Waals surface area (Å²) in [4.78, 5) is 0. The predicted octanol–water partition coefficient (Wildman–Crippen LogP) is 3.80. The van der Waals surface area contributed by atoms with Crippen LogP contribution in [0.25, 0.3) is 0 Å². The van der Waals surface area contributed by atoms with Gasteiger partial charge in [0.05, 0.1) is 5.25 Å². The average molecular weight is 411 g/mol. The number of hydrogen-bond donors (Lipinski definition) is 2. The van der Waals surface area contributed by atoms with Crippen LogP contribution >= 0.6 is 23.4 Å². The lowest BCUT2D eigenvalue weighted by atomic mass is 10.2. The summed E-state index contributed by atoms with van der Waals surface area (Å²) >= 11 is 7.63. The number of benzene rings is 1. The van der Waals surface area contributed by atoms with E-state index in [0.29, 0.717) is 22.9 Å². The summed E-state index contributed by atoms with van der Waals surface area (Å²) in [5.41, 5.74) is 0.568.